The third-order valence-corrected chi connectivity index (χ3v) is 7.09. The number of rotatable bonds is 6. The van der Waals surface area contributed by atoms with Crippen LogP contribution in [0.3, 0.4) is 0 Å². The van der Waals surface area contributed by atoms with Crippen LogP contribution in [0.25, 0.3) is 0 Å². The molecule has 1 unspecified atom stereocenters. The molecule has 3 aliphatic heterocycles. The molecule has 1 atom stereocenters. The summed E-state index contributed by atoms with van der Waals surface area (Å²) in [5.74, 6) is 0.0820. The molecule has 1 saturated heterocycles. The molecular weight excluding hydrogens is 416 g/mol. The Morgan fingerprint density at radius 2 is 1.82 bits per heavy atom. The van der Waals surface area contributed by atoms with Gasteiger partial charge in [-0.3, -0.25) is 14.5 Å². The first-order valence-corrected chi connectivity index (χ1v) is 11.9. The van der Waals surface area contributed by atoms with Crippen molar-refractivity contribution in [1.29, 1.82) is 0 Å². The minimum Gasteiger partial charge on any atom is -0.390 e. The molecule has 0 radical (unpaired) electrons. The molecule has 7 heteroatoms. The van der Waals surface area contributed by atoms with E-state index in [9.17, 15) is 14.7 Å². The number of aliphatic hydroxyl groups is 1. The van der Waals surface area contributed by atoms with Crippen LogP contribution in [0.15, 0.2) is 42.5 Å². The number of hydrogen-bond acceptors (Lipinski definition) is 5. The summed E-state index contributed by atoms with van der Waals surface area (Å²) in [6, 6.07) is 14.7. The average Bonchev–Trinajstić information content (AvgIpc) is 2.77. The lowest BCUT2D eigenvalue weighted by molar-refractivity contribution is -0.132. The first kappa shape index (κ1) is 21.9. The van der Waals surface area contributed by atoms with Gasteiger partial charge in [0.2, 0.25) is 5.91 Å². The van der Waals surface area contributed by atoms with Crippen molar-refractivity contribution in [3.63, 3.8) is 0 Å². The monoisotopic (exact) mass is 448 g/mol. The molecular formula is C26H32N4O3. The van der Waals surface area contributed by atoms with Gasteiger partial charge in [0.1, 0.15) is 0 Å². The van der Waals surface area contributed by atoms with Gasteiger partial charge in [0.25, 0.3) is 5.91 Å². The van der Waals surface area contributed by atoms with Crippen LogP contribution in [0.1, 0.15) is 34.0 Å². The summed E-state index contributed by atoms with van der Waals surface area (Å²) in [6.07, 6.45) is 1.22. The minimum absolute atomic E-state index is 0.0121. The Kier molecular flexibility index (Phi) is 6.08. The number of nitrogens with zero attached hydrogens (tertiary/aromatic N) is 3. The van der Waals surface area contributed by atoms with Crippen molar-refractivity contribution in [2.24, 2.45) is 0 Å². The first-order chi connectivity index (χ1) is 16.0. The Labute approximate surface area is 195 Å². The SMILES string of the molecule is CC(=O)N1CC(Nc2ccc3c(c2)C(=O)N(CC(O)CN2CCc4ccccc4C2)CC3)C1. The van der Waals surface area contributed by atoms with Crippen LogP contribution in [0.5, 0.6) is 0 Å². The van der Waals surface area contributed by atoms with E-state index in [0.717, 1.165) is 37.2 Å². The molecule has 0 bridgehead atoms. The minimum atomic E-state index is -0.574. The molecule has 2 N–H and O–H groups in total. The standard InChI is InChI=1S/C26H32N4O3/c1-18(31)30-14-23(15-30)27-22-7-6-20-9-11-29(26(33)25(20)12-22)17-24(32)16-28-10-8-19-4-2-3-5-21(19)13-28/h2-7,12,23-24,27,32H,8-11,13-17H2,1H3. The van der Waals surface area contributed by atoms with E-state index in [-0.39, 0.29) is 17.9 Å². The van der Waals surface area contributed by atoms with E-state index in [1.807, 2.05) is 18.2 Å². The Morgan fingerprint density at radius 3 is 2.61 bits per heavy atom. The maximum Gasteiger partial charge on any atom is 0.254 e. The summed E-state index contributed by atoms with van der Waals surface area (Å²) in [7, 11) is 0. The fourth-order valence-electron chi connectivity index (χ4n) is 5.17. The Morgan fingerprint density at radius 1 is 1.06 bits per heavy atom. The molecule has 174 valence electrons. The molecule has 2 aromatic carbocycles. The van der Waals surface area contributed by atoms with Gasteiger partial charge in [0.15, 0.2) is 0 Å². The van der Waals surface area contributed by atoms with Gasteiger partial charge in [-0.15, -0.1) is 0 Å². The molecule has 2 amide bonds. The number of carbonyl (C=O) groups excluding carboxylic acids is 2. The number of aliphatic hydroxyl groups excluding tert-OH is 1. The van der Waals surface area contributed by atoms with Crippen LogP contribution in [0.4, 0.5) is 5.69 Å². The quantitative estimate of drug-likeness (QED) is 0.704. The van der Waals surface area contributed by atoms with Crippen LogP contribution in [-0.4, -0.2) is 83.0 Å². The van der Waals surface area contributed by atoms with E-state index >= 15 is 0 Å². The summed E-state index contributed by atoms with van der Waals surface area (Å²) in [6.45, 7) is 6.31. The Balaban J connectivity index is 1.17. The zero-order valence-corrected chi connectivity index (χ0v) is 19.2. The van der Waals surface area contributed by atoms with E-state index in [2.05, 4.69) is 34.5 Å². The second-order valence-electron chi connectivity index (χ2n) is 9.55. The molecule has 0 spiro atoms. The van der Waals surface area contributed by atoms with Gasteiger partial charge < -0.3 is 20.2 Å². The number of likely N-dealkylation sites (tertiary alicyclic amines) is 1. The summed E-state index contributed by atoms with van der Waals surface area (Å²) < 4.78 is 0. The number of nitrogens with one attached hydrogen (secondary N) is 1. The van der Waals surface area contributed by atoms with Gasteiger partial charge in [-0.25, -0.2) is 0 Å². The fraction of sp³-hybridized carbons (Fsp3) is 0.462. The number of fused-ring (bicyclic) bond motifs is 2. The lowest BCUT2D eigenvalue weighted by Gasteiger charge is -2.39. The number of hydrogen-bond donors (Lipinski definition) is 2. The molecule has 2 aromatic rings. The number of benzene rings is 2. The second kappa shape index (κ2) is 9.15. The van der Waals surface area contributed by atoms with Crippen molar-refractivity contribution in [3.8, 4) is 0 Å². The number of anilines is 1. The molecule has 0 aromatic heterocycles. The average molecular weight is 449 g/mol. The fourth-order valence-corrected chi connectivity index (χ4v) is 5.17. The van der Waals surface area contributed by atoms with Crippen LogP contribution in [-0.2, 0) is 24.2 Å². The van der Waals surface area contributed by atoms with E-state index in [1.165, 1.54) is 11.1 Å². The van der Waals surface area contributed by atoms with Gasteiger partial charge in [0, 0.05) is 64.0 Å². The molecule has 7 nitrogen and oxygen atoms in total. The van der Waals surface area contributed by atoms with Crippen LogP contribution < -0.4 is 5.32 Å². The van der Waals surface area contributed by atoms with Gasteiger partial charge >= 0.3 is 0 Å². The highest BCUT2D eigenvalue weighted by molar-refractivity contribution is 5.97. The predicted octanol–water partition coefficient (Wildman–Crippen LogP) is 1.75. The van der Waals surface area contributed by atoms with Crippen molar-refractivity contribution in [3.05, 3.63) is 64.7 Å². The maximum absolute atomic E-state index is 13.2. The van der Waals surface area contributed by atoms with Gasteiger partial charge in [-0.1, -0.05) is 30.3 Å². The molecule has 3 aliphatic rings. The summed E-state index contributed by atoms with van der Waals surface area (Å²) >= 11 is 0. The van der Waals surface area contributed by atoms with E-state index < -0.39 is 6.10 Å². The largest absolute Gasteiger partial charge is 0.390 e. The van der Waals surface area contributed by atoms with E-state index in [0.29, 0.717) is 38.3 Å². The molecule has 5 rings (SSSR count). The Bertz CT molecular complexity index is 1050. The zero-order chi connectivity index (χ0) is 22.9. The molecule has 33 heavy (non-hydrogen) atoms. The molecule has 0 aliphatic carbocycles. The zero-order valence-electron chi connectivity index (χ0n) is 19.2. The smallest absolute Gasteiger partial charge is 0.254 e. The third-order valence-electron chi connectivity index (χ3n) is 7.09. The highest BCUT2D eigenvalue weighted by Crippen LogP contribution is 2.25. The first-order valence-electron chi connectivity index (χ1n) is 11.9. The third kappa shape index (κ3) is 4.75. The lowest BCUT2D eigenvalue weighted by atomic mass is 9.97. The summed E-state index contributed by atoms with van der Waals surface area (Å²) in [5, 5.41) is 14.2. The maximum atomic E-state index is 13.2. The van der Waals surface area contributed by atoms with Gasteiger partial charge in [-0.05, 0) is 41.7 Å². The molecule has 3 heterocycles. The normalized spacial score (nSPS) is 19.5. The topological polar surface area (TPSA) is 76.1 Å². The number of β-amino-alcohol motifs (C(OH)–C–C–N with tert-alkyl or cyclic N) is 1. The van der Waals surface area contributed by atoms with Crippen molar-refractivity contribution >= 4 is 17.5 Å². The molecule has 0 saturated carbocycles. The van der Waals surface area contributed by atoms with E-state index in [4.69, 9.17) is 0 Å². The predicted molar refractivity (Wildman–Crippen MR) is 127 cm³/mol. The van der Waals surface area contributed by atoms with Crippen molar-refractivity contribution in [2.75, 3.05) is 44.6 Å². The van der Waals surface area contributed by atoms with Crippen LogP contribution in [0, 0.1) is 0 Å². The Hall–Kier alpha value is -2.90. The highest BCUT2D eigenvalue weighted by Gasteiger charge is 2.30. The van der Waals surface area contributed by atoms with Gasteiger partial charge in [0.05, 0.1) is 12.1 Å². The van der Waals surface area contributed by atoms with Crippen molar-refractivity contribution < 1.29 is 14.7 Å². The summed E-state index contributed by atoms with van der Waals surface area (Å²) in [5.41, 5.74) is 5.41. The van der Waals surface area contributed by atoms with Gasteiger partial charge in [-0.2, -0.15) is 0 Å². The van der Waals surface area contributed by atoms with Crippen molar-refractivity contribution in [1.82, 2.24) is 14.7 Å². The summed E-state index contributed by atoms with van der Waals surface area (Å²) in [4.78, 5) is 30.4. The lowest BCUT2D eigenvalue weighted by Crippen LogP contribution is -2.56. The van der Waals surface area contributed by atoms with E-state index in [1.54, 1.807) is 16.7 Å². The number of carbonyl (C=O) groups is 2. The van der Waals surface area contributed by atoms with Crippen LogP contribution in [0.2, 0.25) is 0 Å². The van der Waals surface area contributed by atoms with Crippen molar-refractivity contribution in [2.45, 2.75) is 38.5 Å². The highest BCUT2D eigenvalue weighted by atomic mass is 16.3. The number of amides is 2. The molecule has 1 fully saturated rings. The second-order valence-corrected chi connectivity index (χ2v) is 9.55. The van der Waals surface area contributed by atoms with Crippen LogP contribution >= 0.6 is 0 Å².